The summed E-state index contributed by atoms with van der Waals surface area (Å²) in [7, 11) is 0. The standard InChI is InChI=1S/C11H19N7OS/c1-3-5-12-6-7-18-11(15-16-17-18)20-8-10-14-13-9(4-2)19-10/h12H,3-8H2,1-2H3. The summed E-state index contributed by atoms with van der Waals surface area (Å²) in [4.78, 5) is 0. The van der Waals surface area contributed by atoms with Gasteiger partial charge in [0, 0.05) is 13.0 Å². The fraction of sp³-hybridized carbons (Fsp3) is 0.727. The number of hydrogen-bond acceptors (Lipinski definition) is 8. The van der Waals surface area contributed by atoms with Gasteiger partial charge in [-0.15, -0.1) is 15.3 Å². The van der Waals surface area contributed by atoms with E-state index in [2.05, 4.69) is 38.0 Å². The number of aryl methyl sites for hydroxylation is 1. The van der Waals surface area contributed by atoms with Gasteiger partial charge in [0.1, 0.15) is 0 Å². The van der Waals surface area contributed by atoms with Crippen LogP contribution >= 0.6 is 11.8 Å². The Hall–Kier alpha value is -1.48. The molecular weight excluding hydrogens is 278 g/mol. The molecule has 0 bridgehead atoms. The molecule has 2 aromatic heterocycles. The quantitative estimate of drug-likeness (QED) is 0.539. The van der Waals surface area contributed by atoms with Crippen molar-refractivity contribution in [2.24, 2.45) is 0 Å². The number of thioether (sulfide) groups is 1. The number of tetrazole rings is 1. The third-order valence-corrected chi connectivity index (χ3v) is 3.50. The molecule has 0 aromatic carbocycles. The van der Waals surface area contributed by atoms with Crippen molar-refractivity contribution in [3.05, 3.63) is 11.8 Å². The van der Waals surface area contributed by atoms with E-state index in [1.54, 1.807) is 4.68 Å². The van der Waals surface area contributed by atoms with Crippen LogP contribution in [0.5, 0.6) is 0 Å². The normalized spacial score (nSPS) is 11.1. The summed E-state index contributed by atoms with van der Waals surface area (Å²) in [5.41, 5.74) is 0. The van der Waals surface area contributed by atoms with E-state index in [1.165, 1.54) is 11.8 Å². The highest BCUT2D eigenvalue weighted by Crippen LogP contribution is 2.19. The van der Waals surface area contributed by atoms with E-state index in [9.17, 15) is 0 Å². The molecule has 0 atom stereocenters. The van der Waals surface area contributed by atoms with Crippen molar-refractivity contribution in [2.45, 2.75) is 44.1 Å². The van der Waals surface area contributed by atoms with E-state index in [1.807, 2.05) is 6.92 Å². The van der Waals surface area contributed by atoms with E-state index in [-0.39, 0.29) is 0 Å². The molecule has 20 heavy (non-hydrogen) atoms. The van der Waals surface area contributed by atoms with Crippen molar-refractivity contribution in [3.63, 3.8) is 0 Å². The Labute approximate surface area is 121 Å². The van der Waals surface area contributed by atoms with Gasteiger partial charge in [-0.05, 0) is 23.4 Å². The molecule has 2 rings (SSSR count). The average molecular weight is 297 g/mol. The average Bonchev–Trinajstić information content (AvgIpc) is 3.10. The van der Waals surface area contributed by atoms with Gasteiger partial charge in [-0.1, -0.05) is 25.6 Å². The Morgan fingerprint density at radius 2 is 2.00 bits per heavy atom. The van der Waals surface area contributed by atoms with Crippen LogP contribution in [-0.2, 0) is 18.7 Å². The predicted molar refractivity (Wildman–Crippen MR) is 74.2 cm³/mol. The largest absolute Gasteiger partial charge is 0.424 e. The lowest BCUT2D eigenvalue weighted by Gasteiger charge is -2.04. The smallest absolute Gasteiger partial charge is 0.226 e. The fourth-order valence-corrected chi connectivity index (χ4v) is 2.28. The maximum Gasteiger partial charge on any atom is 0.226 e. The number of nitrogens with one attached hydrogen (secondary N) is 1. The van der Waals surface area contributed by atoms with Crippen LogP contribution in [0.15, 0.2) is 9.57 Å². The minimum absolute atomic E-state index is 0.579. The molecule has 0 spiro atoms. The lowest BCUT2D eigenvalue weighted by Crippen LogP contribution is -2.21. The Bertz CT molecular complexity index is 512. The molecule has 0 unspecified atom stereocenters. The molecular formula is C11H19N7OS. The van der Waals surface area contributed by atoms with E-state index in [0.717, 1.165) is 37.6 Å². The van der Waals surface area contributed by atoms with Crippen molar-refractivity contribution < 1.29 is 4.42 Å². The highest BCUT2D eigenvalue weighted by atomic mass is 32.2. The summed E-state index contributed by atoms with van der Waals surface area (Å²) in [6, 6.07) is 0. The molecule has 110 valence electrons. The van der Waals surface area contributed by atoms with Gasteiger partial charge in [-0.3, -0.25) is 0 Å². The molecule has 2 heterocycles. The first-order valence-electron chi connectivity index (χ1n) is 6.74. The van der Waals surface area contributed by atoms with Crippen LogP contribution in [0.25, 0.3) is 0 Å². The fourth-order valence-electron chi connectivity index (χ4n) is 1.54. The molecule has 0 saturated carbocycles. The SMILES string of the molecule is CCCNCCn1nnnc1SCc1nnc(CC)o1. The second-order valence-corrected chi connectivity index (χ2v) is 5.11. The van der Waals surface area contributed by atoms with Gasteiger partial charge in [0.2, 0.25) is 16.9 Å². The van der Waals surface area contributed by atoms with Crippen LogP contribution in [0.4, 0.5) is 0 Å². The third kappa shape index (κ3) is 4.27. The van der Waals surface area contributed by atoms with E-state index in [0.29, 0.717) is 17.5 Å². The molecule has 8 nitrogen and oxygen atoms in total. The van der Waals surface area contributed by atoms with Crippen LogP contribution in [-0.4, -0.2) is 43.5 Å². The second-order valence-electron chi connectivity index (χ2n) is 4.17. The van der Waals surface area contributed by atoms with Gasteiger partial charge in [0.05, 0.1) is 12.3 Å². The molecule has 1 N–H and O–H groups in total. The molecule has 0 aliphatic heterocycles. The minimum atomic E-state index is 0.579. The molecule has 0 radical (unpaired) electrons. The van der Waals surface area contributed by atoms with Gasteiger partial charge in [0.15, 0.2) is 0 Å². The lowest BCUT2D eigenvalue weighted by atomic mass is 10.5. The van der Waals surface area contributed by atoms with Crippen LogP contribution in [0.3, 0.4) is 0 Å². The van der Waals surface area contributed by atoms with Gasteiger partial charge >= 0.3 is 0 Å². The lowest BCUT2D eigenvalue weighted by molar-refractivity contribution is 0.469. The Balaban J connectivity index is 1.82. The Kier molecular flexibility index (Phi) is 5.93. The number of nitrogens with zero attached hydrogens (tertiary/aromatic N) is 6. The third-order valence-electron chi connectivity index (χ3n) is 2.56. The molecule has 9 heteroatoms. The first kappa shape index (κ1) is 14.9. The molecule has 0 amide bonds. The van der Waals surface area contributed by atoms with E-state index < -0.39 is 0 Å². The first-order valence-corrected chi connectivity index (χ1v) is 7.73. The summed E-state index contributed by atoms with van der Waals surface area (Å²) in [5, 5.41) is 23.7. The van der Waals surface area contributed by atoms with Crippen molar-refractivity contribution >= 4 is 11.8 Å². The van der Waals surface area contributed by atoms with Crippen LogP contribution in [0.1, 0.15) is 32.0 Å². The monoisotopic (exact) mass is 297 g/mol. The topological polar surface area (TPSA) is 94.6 Å². The van der Waals surface area contributed by atoms with Gasteiger partial charge in [-0.2, -0.15) is 0 Å². The summed E-state index contributed by atoms with van der Waals surface area (Å²) in [6.45, 7) is 6.73. The zero-order valence-electron chi connectivity index (χ0n) is 11.7. The maximum atomic E-state index is 5.45. The Morgan fingerprint density at radius 1 is 1.15 bits per heavy atom. The molecule has 2 aromatic rings. The van der Waals surface area contributed by atoms with Crippen molar-refractivity contribution in [1.29, 1.82) is 0 Å². The molecule has 0 aliphatic carbocycles. The van der Waals surface area contributed by atoms with Crippen molar-refractivity contribution in [3.8, 4) is 0 Å². The first-order chi connectivity index (χ1) is 9.83. The van der Waals surface area contributed by atoms with Crippen molar-refractivity contribution in [2.75, 3.05) is 13.1 Å². The zero-order chi connectivity index (χ0) is 14.2. The van der Waals surface area contributed by atoms with Crippen LogP contribution in [0, 0.1) is 0 Å². The molecule has 0 saturated heterocycles. The zero-order valence-corrected chi connectivity index (χ0v) is 12.6. The second kappa shape index (κ2) is 7.95. The molecule has 0 aliphatic rings. The maximum absolute atomic E-state index is 5.45. The molecule has 0 fully saturated rings. The van der Waals surface area contributed by atoms with Crippen LogP contribution in [0.2, 0.25) is 0 Å². The van der Waals surface area contributed by atoms with Gasteiger partial charge < -0.3 is 9.73 Å². The van der Waals surface area contributed by atoms with Gasteiger partial charge in [-0.25, -0.2) is 4.68 Å². The Morgan fingerprint density at radius 3 is 2.75 bits per heavy atom. The number of rotatable bonds is 9. The summed E-state index contributed by atoms with van der Waals surface area (Å²) < 4.78 is 7.23. The van der Waals surface area contributed by atoms with Gasteiger partial charge in [0.25, 0.3) is 0 Å². The number of aromatic nitrogens is 6. The number of hydrogen-bond donors (Lipinski definition) is 1. The van der Waals surface area contributed by atoms with Crippen LogP contribution < -0.4 is 5.32 Å². The van der Waals surface area contributed by atoms with Crippen molar-refractivity contribution in [1.82, 2.24) is 35.7 Å². The highest BCUT2D eigenvalue weighted by Gasteiger charge is 2.10. The summed E-state index contributed by atoms with van der Waals surface area (Å²) in [6.07, 6.45) is 1.87. The summed E-state index contributed by atoms with van der Waals surface area (Å²) >= 11 is 1.50. The van der Waals surface area contributed by atoms with E-state index in [4.69, 9.17) is 4.42 Å². The highest BCUT2D eigenvalue weighted by molar-refractivity contribution is 7.98. The summed E-state index contributed by atoms with van der Waals surface area (Å²) in [5.74, 6) is 1.84. The van der Waals surface area contributed by atoms with E-state index >= 15 is 0 Å². The minimum Gasteiger partial charge on any atom is -0.424 e. The predicted octanol–water partition coefficient (Wildman–Crippen LogP) is 0.910.